The number of hydrogen-bond donors (Lipinski definition) is 1. The van der Waals surface area contributed by atoms with Gasteiger partial charge in [0.25, 0.3) is 0 Å². The predicted octanol–water partition coefficient (Wildman–Crippen LogP) is 6.87. The van der Waals surface area contributed by atoms with Crippen LogP contribution in [-0.4, -0.2) is 11.6 Å². The minimum Gasteiger partial charge on any atom is -0.296 e. The van der Waals surface area contributed by atoms with Crippen LogP contribution in [0.3, 0.4) is 0 Å². The van der Waals surface area contributed by atoms with Crippen molar-refractivity contribution in [2.75, 3.05) is 0 Å². The largest absolute Gasteiger partial charge is 0.339 e. The Bertz CT molecular complexity index is 598. The normalized spacial score (nSPS) is 13.0. The maximum absolute atomic E-state index is 11.4. The van der Waals surface area contributed by atoms with Gasteiger partial charge in [-0.3, -0.25) is 18.8 Å². The molecule has 23 heavy (non-hydrogen) atoms. The molecule has 132 valence electrons. The van der Waals surface area contributed by atoms with Gasteiger partial charge in [-0.15, -0.1) is 0 Å². The van der Waals surface area contributed by atoms with E-state index in [1.165, 1.54) is 6.92 Å². The third kappa shape index (κ3) is 14.1. The Morgan fingerprint density at radius 2 is 1.61 bits per heavy atom. The van der Waals surface area contributed by atoms with E-state index in [4.69, 9.17) is 27.3 Å². The van der Waals surface area contributed by atoms with Gasteiger partial charge in [0.1, 0.15) is 0 Å². The van der Waals surface area contributed by atoms with Crippen LogP contribution >= 0.6 is 83.2 Å². The van der Waals surface area contributed by atoms with Gasteiger partial charge in [0.05, 0.1) is 12.6 Å². The van der Waals surface area contributed by atoms with Crippen LogP contribution in [0, 0.1) is 0 Å². The lowest BCUT2D eigenvalue weighted by atomic mass is 10.2. The van der Waals surface area contributed by atoms with Crippen molar-refractivity contribution in [3.63, 3.8) is 0 Å². The fraction of sp³-hybridized carbons (Fsp3) is 0.300. The lowest BCUT2D eigenvalue weighted by Crippen LogP contribution is -2.32. The summed E-state index contributed by atoms with van der Waals surface area (Å²) >= 11 is 27.7. The van der Waals surface area contributed by atoms with E-state index in [2.05, 4.69) is 55.1 Å². The molecule has 1 aromatic carbocycles. The number of carbonyl (C=O) groups excluding carboxylic acids is 1. The van der Waals surface area contributed by atoms with E-state index >= 15 is 0 Å². The summed E-state index contributed by atoms with van der Waals surface area (Å²) in [6.07, 6.45) is 0. The Morgan fingerprint density at radius 3 is 2.00 bits per heavy atom. The molecule has 0 aliphatic heterocycles. The van der Waals surface area contributed by atoms with Gasteiger partial charge in [0, 0.05) is 4.47 Å². The Morgan fingerprint density at radius 1 is 1.17 bits per heavy atom. The average Bonchev–Trinajstić information content (AvgIpc) is 2.37. The Hall–Kier alpha value is 1.20. The zero-order chi connectivity index (χ0) is 18.3. The molecule has 0 radical (unpaired) electrons. The third-order valence-electron chi connectivity index (χ3n) is 2.04. The molecule has 1 unspecified atom stereocenters. The molecule has 0 aliphatic rings. The first-order valence-electron chi connectivity index (χ1n) is 5.65. The van der Waals surface area contributed by atoms with Crippen molar-refractivity contribution < 1.29 is 18.8 Å². The summed E-state index contributed by atoms with van der Waals surface area (Å²) in [6.45, 7) is 1.74. The fourth-order valence-electron chi connectivity index (χ4n) is 1.11. The average molecular weight is 528 g/mol. The van der Waals surface area contributed by atoms with Crippen molar-refractivity contribution in [1.82, 2.24) is 5.48 Å². The molecule has 0 fully saturated rings. The van der Waals surface area contributed by atoms with Crippen LogP contribution in [0.4, 0.5) is 0 Å². The van der Waals surface area contributed by atoms with Crippen molar-refractivity contribution in [3.8, 4) is 0 Å². The quantitative estimate of drug-likeness (QED) is 0.323. The summed E-state index contributed by atoms with van der Waals surface area (Å²) in [5.74, 6) is -3.77. The van der Waals surface area contributed by atoms with Crippen LogP contribution in [0.15, 0.2) is 28.7 Å². The first kappa shape index (κ1) is 24.2. The zero-order valence-electron chi connectivity index (χ0n) is 11.4. The monoisotopic (exact) mass is 525 g/mol. The fourth-order valence-corrected chi connectivity index (χ4v) is 2.75. The standard InChI is InChI=1S/C10H11BrCl2NO3P.Cl3OP/c1-7(10(15)18(12,13)16)14-17-6-8-2-4-9(11)5-3-8;1-5(2,3)4/h2-5,7,14H,6H2,1H3;. The molecule has 0 amide bonds. The molecule has 13 heteroatoms. The van der Waals surface area contributed by atoms with Crippen LogP contribution in [-0.2, 0) is 25.4 Å². The first-order chi connectivity index (χ1) is 10.3. The zero-order valence-corrected chi connectivity index (χ0v) is 18.5. The van der Waals surface area contributed by atoms with Gasteiger partial charge in [0.2, 0.25) is 5.52 Å². The number of nitrogens with one attached hydrogen (secondary N) is 1. The molecule has 1 N–H and O–H groups in total. The molecule has 0 spiro atoms. The number of hydrogen-bond acceptors (Lipinski definition) is 5. The molecular weight excluding hydrogens is 517 g/mol. The number of carbonyl (C=O) groups is 1. The van der Waals surface area contributed by atoms with Gasteiger partial charge < -0.3 is 0 Å². The highest BCUT2D eigenvalue weighted by molar-refractivity contribution is 9.10. The lowest BCUT2D eigenvalue weighted by molar-refractivity contribution is -0.117. The highest BCUT2D eigenvalue weighted by Gasteiger charge is 2.30. The summed E-state index contributed by atoms with van der Waals surface area (Å²) < 4.78 is 21.6. The minimum atomic E-state index is -3.77. The first-order valence-corrected chi connectivity index (χ1v) is 14.4. The van der Waals surface area contributed by atoms with Gasteiger partial charge in [-0.05, 0) is 80.8 Å². The molecular formula is C10H11BrCl5NO4P2. The van der Waals surface area contributed by atoms with Crippen LogP contribution in [0.2, 0.25) is 0 Å². The van der Waals surface area contributed by atoms with Gasteiger partial charge in [-0.2, -0.15) is 5.48 Å². The number of benzene rings is 1. The van der Waals surface area contributed by atoms with E-state index < -0.39 is 22.6 Å². The summed E-state index contributed by atoms with van der Waals surface area (Å²) in [5, 5.41) is -3.22. The summed E-state index contributed by atoms with van der Waals surface area (Å²) in [4.78, 5) is 16.5. The Labute approximate surface area is 166 Å². The van der Waals surface area contributed by atoms with Crippen molar-refractivity contribution in [2.24, 2.45) is 0 Å². The van der Waals surface area contributed by atoms with E-state index in [9.17, 15) is 13.9 Å². The SMILES string of the molecule is CC(NOCc1ccc(Br)cc1)C(=O)P(=O)(Cl)Cl.O=P(Cl)(Cl)Cl. The van der Waals surface area contributed by atoms with Gasteiger partial charge in [0.15, 0.2) is 0 Å². The van der Waals surface area contributed by atoms with Crippen molar-refractivity contribution in [3.05, 3.63) is 34.3 Å². The molecule has 0 saturated carbocycles. The molecule has 1 aromatic rings. The van der Waals surface area contributed by atoms with E-state index in [1.807, 2.05) is 24.3 Å². The smallest absolute Gasteiger partial charge is 0.296 e. The molecule has 0 aliphatic carbocycles. The van der Waals surface area contributed by atoms with Gasteiger partial charge in [-0.25, -0.2) is 0 Å². The second kappa shape index (κ2) is 11.0. The molecule has 1 atom stereocenters. The summed E-state index contributed by atoms with van der Waals surface area (Å²) in [5.41, 5.74) is 2.59. The van der Waals surface area contributed by atoms with E-state index in [1.54, 1.807) is 0 Å². The second-order valence-electron chi connectivity index (χ2n) is 3.95. The predicted molar refractivity (Wildman–Crippen MR) is 101 cm³/mol. The summed E-state index contributed by atoms with van der Waals surface area (Å²) in [7, 11) is 0. The van der Waals surface area contributed by atoms with Crippen molar-refractivity contribution >= 4 is 88.7 Å². The van der Waals surface area contributed by atoms with Gasteiger partial charge in [-0.1, -0.05) is 28.1 Å². The lowest BCUT2D eigenvalue weighted by Gasteiger charge is -2.12. The van der Waals surface area contributed by atoms with E-state index in [0.717, 1.165) is 10.0 Å². The van der Waals surface area contributed by atoms with Crippen LogP contribution in [0.1, 0.15) is 12.5 Å². The maximum atomic E-state index is 11.4. The number of rotatable bonds is 6. The highest BCUT2D eigenvalue weighted by Crippen LogP contribution is 2.61. The second-order valence-corrected chi connectivity index (χ2v) is 16.2. The minimum absolute atomic E-state index is 0.264. The van der Waals surface area contributed by atoms with Crippen molar-refractivity contribution in [1.29, 1.82) is 0 Å². The van der Waals surface area contributed by atoms with E-state index in [-0.39, 0.29) is 6.61 Å². The highest BCUT2D eigenvalue weighted by atomic mass is 79.9. The van der Waals surface area contributed by atoms with Crippen molar-refractivity contribution in [2.45, 2.75) is 19.6 Å². The van der Waals surface area contributed by atoms with Crippen LogP contribution in [0.5, 0.6) is 0 Å². The third-order valence-corrected chi connectivity index (χ3v) is 4.47. The summed E-state index contributed by atoms with van der Waals surface area (Å²) in [6, 6.07) is 6.65. The van der Waals surface area contributed by atoms with E-state index in [0.29, 0.717) is 0 Å². The molecule has 5 nitrogen and oxygen atoms in total. The van der Waals surface area contributed by atoms with Crippen LogP contribution < -0.4 is 5.48 Å². The Balaban J connectivity index is 0.000000841. The molecule has 0 bridgehead atoms. The number of hydroxylamine groups is 1. The van der Waals surface area contributed by atoms with Gasteiger partial charge >= 0.3 is 11.0 Å². The topological polar surface area (TPSA) is 72.5 Å². The molecule has 0 saturated heterocycles. The number of halogens is 6. The Kier molecular flexibility index (Phi) is 11.6. The molecule has 0 aromatic heterocycles. The maximum Gasteiger partial charge on any atom is 0.339 e. The molecule has 1 rings (SSSR count). The molecule has 0 heterocycles. The van der Waals surface area contributed by atoms with Crippen LogP contribution in [0.25, 0.3) is 0 Å².